The average Bonchev–Trinajstić information content (AvgIpc) is 2.84. The highest BCUT2D eigenvalue weighted by molar-refractivity contribution is 7.46. The second-order valence-corrected chi connectivity index (χ2v) is 8.98. The molecule has 0 heterocycles. The summed E-state index contributed by atoms with van der Waals surface area (Å²) in [5.41, 5.74) is -0.926. The van der Waals surface area contributed by atoms with E-state index in [0.717, 1.165) is 24.3 Å². The molecular weight excluding hydrogens is 532 g/mol. The van der Waals surface area contributed by atoms with Gasteiger partial charge in [0.25, 0.3) is 11.4 Å². The number of anilines is 2. The number of rotatable bonds is 15. The van der Waals surface area contributed by atoms with Crippen molar-refractivity contribution in [2.24, 2.45) is 0 Å². The Kier molecular flexibility index (Phi) is 11.1. The molecule has 0 aliphatic rings. The number of non-ortho nitro benzene ring substituents is 1. The summed E-state index contributed by atoms with van der Waals surface area (Å²) in [7, 11) is -4.86. The van der Waals surface area contributed by atoms with Gasteiger partial charge in [-0.05, 0) is 37.1 Å². The van der Waals surface area contributed by atoms with Gasteiger partial charge in [-0.25, -0.2) is 8.96 Å². The Labute approximate surface area is 214 Å². The Morgan fingerprint density at radius 1 is 1.00 bits per heavy atom. The van der Waals surface area contributed by atoms with E-state index < -0.39 is 41.6 Å². The van der Waals surface area contributed by atoms with Crippen LogP contribution in [0.3, 0.4) is 0 Å². The highest BCUT2D eigenvalue weighted by Crippen LogP contribution is 2.40. The summed E-state index contributed by atoms with van der Waals surface area (Å²) in [6.07, 6.45) is 1.73. The number of hydrogen-bond donors (Lipinski definition) is 5. The van der Waals surface area contributed by atoms with E-state index in [1.807, 2.05) is 0 Å². The number of nitro groups is 2. The van der Waals surface area contributed by atoms with Crippen LogP contribution in [0.15, 0.2) is 36.4 Å². The standard InChI is InChI=1S/C21H25FN5O10P/c22-12-14-10-15(5-8-19(14)37-38(34,35)36)25-20(28)4-2-1-3-9-23-21(29)13-24-17-7-6-16(26(30)31)11-18(17)27(32)33/h5-8,10-11,24H,1-4,9,12-13H2,(H,23,29)(H,25,28)(H2,34,35,36). The molecule has 0 saturated heterocycles. The first kappa shape index (κ1) is 30.1. The molecule has 0 bridgehead atoms. The zero-order valence-electron chi connectivity index (χ0n) is 19.8. The number of carbonyl (C=O) groups excluding carboxylic acids is 2. The van der Waals surface area contributed by atoms with Crippen LogP contribution in [0.1, 0.15) is 31.2 Å². The molecule has 0 radical (unpaired) electrons. The number of alkyl halides is 1. The van der Waals surface area contributed by atoms with E-state index in [4.69, 9.17) is 9.79 Å². The van der Waals surface area contributed by atoms with Gasteiger partial charge >= 0.3 is 7.82 Å². The van der Waals surface area contributed by atoms with Gasteiger partial charge in [0.2, 0.25) is 11.8 Å². The molecule has 38 heavy (non-hydrogen) atoms. The molecule has 206 valence electrons. The fourth-order valence-corrected chi connectivity index (χ4v) is 3.62. The number of halogens is 1. The van der Waals surface area contributed by atoms with Crippen molar-refractivity contribution in [3.8, 4) is 5.75 Å². The molecule has 0 unspecified atom stereocenters. The first-order valence-electron chi connectivity index (χ1n) is 11.1. The van der Waals surface area contributed by atoms with Crippen LogP contribution in [-0.2, 0) is 20.8 Å². The molecule has 15 nitrogen and oxygen atoms in total. The van der Waals surface area contributed by atoms with Crippen molar-refractivity contribution >= 4 is 42.4 Å². The van der Waals surface area contributed by atoms with Crippen molar-refractivity contribution in [2.75, 3.05) is 23.7 Å². The van der Waals surface area contributed by atoms with Crippen molar-refractivity contribution in [3.63, 3.8) is 0 Å². The maximum atomic E-state index is 13.2. The lowest BCUT2D eigenvalue weighted by Crippen LogP contribution is -2.30. The number of amides is 2. The lowest BCUT2D eigenvalue weighted by molar-refractivity contribution is -0.393. The minimum absolute atomic E-state index is 0.0376. The zero-order valence-corrected chi connectivity index (χ0v) is 20.7. The Morgan fingerprint density at radius 3 is 2.37 bits per heavy atom. The maximum Gasteiger partial charge on any atom is 0.524 e. The monoisotopic (exact) mass is 557 g/mol. The second kappa shape index (κ2) is 14.0. The van der Waals surface area contributed by atoms with Gasteiger partial charge in [-0.2, -0.15) is 0 Å². The largest absolute Gasteiger partial charge is 0.524 e. The highest BCUT2D eigenvalue weighted by atomic mass is 31.2. The molecule has 0 fully saturated rings. The lowest BCUT2D eigenvalue weighted by atomic mass is 10.1. The predicted molar refractivity (Wildman–Crippen MR) is 132 cm³/mol. The molecule has 5 N–H and O–H groups in total. The molecule has 17 heteroatoms. The molecule has 2 rings (SSSR count). The molecule has 0 spiro atoms. The van der Waals surface area contributed by atoms with Gasteiger partial charge in [0.05, 0.1) is 22.5 Å². The fourth-order valence-electron chi connectivity index (χ4n) is 3.19. The minimum atomic E-state index is -4.86. The van der Waals surface area contributed by atoms with E-state index in [-0.39, 0.29) is 48.1 Å². The van der Waals surface area contributed by atoms with Crippen molar-refractivity contribution < 1.29 is 42.7 Å². The van der Waals surface area contributed by atoms with Crippen molar-refractivity contribution in [1.82, 2.24) is 5.32 Å². The van der Waals surface area contributed by atoms with Crippen LogP contribution in [0.2, 0.25) is 0 Å². The molecule has 2 aromatic rings. The molecule has 0 aliphatic heterocycles. The minimum Gasteiger partial charge on any atom is -0.404 e. The topological polar surface area (TPSA) is 223 Å². The van der Waals surface area contributed by atoms with Crippen LogP contribution in [0.4, 0.5) is 27.1 Å². The number of phosphoric acid groups is 1. The van der Waals surface area contributed by atoms with E-state index in [2.05, 4.69) is 20.5 Å². The van der Waals surface area contributed by atoms with Crippen molar-refractivity contribution in [3.05, 3.63) is 62.2 Å². The van der Waals surface area contributed by atoms with E-state index in [9.17, 15) is 38.8 Å². The normalized spacial score (nSPS) is 10.9. The van der Waals surface area contributed by atoms with E-state index in [0.29, 0.717) is 19.3 Å². The number of nitrogens with one attached hydrogen (secondary N) is 3. The zero-order chi connectivity index (χ0) is 28.3. The number of nitro benzene ring substituents is 2. The summed E-state index contributed by atoms with van der Waals surface area (Å²) in [6, 6.07) is 6.69. The second-order valence-electron chi connectivity index (χ2n) is 7.82. The third-order valence-corrected chi connectivity index (χ3v) is 5.37. The summed E-state index contributed by atoms with van der Waals surface area (Å²) >= 11 is 0. The van der Waals surface area contributed by atoms with Gasteiger partial charge in [-0.1, -0.05) is 6.42 Å². The Balaban J connectivity index is 1.69. The van der Waals surface area contributed by atoms with Gasteiger partial charge in [-0.3, -0.25) is 39.6 Å². The molecule has 2 amide bonds. The SMILES string of the molecule is O=C(CNc1ccc([N+](=O)[O-])cc1[N+](=O)[O-])NCCCCCC(=O)Nc1ccc(OP(=O)(O)O)c(CF)c1. The van der Waals surface area contributed by atoms with E-state index in [1.54, 1.807) is 0 Å². The summed E-state index contributed by atoms with van der Waals surface area (Å²) in [4.78, 5) is 62.1. The van der Waals surface area contributed by atoms with Crippen LogP contribution in [0.25, 0.3) is 0 Å². The van der Waals surface area contributed by atoms with Gasteiger partial charge < -0.3 is 20.5 Å². The van der Waals surface area contributed by atoms with Crippen molar-refractivity contribution in [2.45, 2.75) is 32.4 Å². The summed E-state index contributed by atoms with van der Waals surface area (Å²) in [6.45, 7) is -1.07. The Morgan fingerprint density at radius 2 is 1.74 bits per heavy atom. The van der Waals surface area contributed by atoms with Crippen LogP contribution in [0, 0.1) is 20.2 Å². The highest BCUT2D eigenvalue weighted by Gasteiger charge is 2.20. The Bertz CT molecular complexity index is 1240. The third-order valence-electron chi connectivity index (χ3n) is 4.94. The number of unbranched alkanes of at least 4 members (excludes halogenated alkanes) is 2. The molecule has 0 aromatic heterocycles. The molecule has 0 saturated carbocycles. The summed E-state index contributed by atoms with van der Waals surface area (Å²) in [5, 5.41) is 29.6. The first-order chi connectivity index (χ1) is 17.9. The molecule has 0 aliphatic carbocycles. The van der Waals surface area contributed by atoms with Gasteiger partial charge in [0.15, 0.2) is 0 Å². The molecular formula is C21H25FN5O10P. The van der Waals surface area contributed by atoms with Crippen LogP contribution in [0.5, 0.6) is 5.75 Å². The number of carbonyl (C=O) groups is 2. The van der Waals surface area contributed by atoms with Crippen LogP contribution < -0.4 is 20.5 Å². The van der Waals surface area contributed by atoms with Crippen LogP contribution in [-0.4, -0.2) is 44.5 Å². The number of nitrogens with zero attached hydrogens (tertiary/aromatic N) is 2. The van der Waals surface area contributed by atoms with Crippen LogP contribution >= 0.6 is 7.82 Å². The Hall–Kier alpha value is -4.14. The molecule has 2 aromatic carbocycles. The van der Waals surface area contributed by atoms with Gasteiger partial charge in [-0.15, -0.1) is 0 Å². The van der Waals surface area contributed by atoms with Gasteiger partial charge in [0.1, 0.15) is 18.1 Å². The quantitative estimate of drug-likeness (QED) is 0.0925. The first-order valence-corrected chi connectivity index (χ1v) is 12.6. The number of benzene rings is 2. The molecule has 0 atom stereocenters. The fraction of sp³-hybridized carbons (Fsp3) is 0.333. The number of hydrogen-bond acceptors (Lipinski definition) is 9. The van der Waals surface area contributed by atoms with E-state index in [1.165, 1.54) is 12.1 Å². The number of phosphoric ester groups is 1. The maximum absolute atomic E-state index is 13.2. The predicted octanol–water partition coefficient (Wildman–Crippen LogP) is 3.17. The summed E-state index contributed by atoms with van der Waals surface area (Å²) < 4.78 is 28.5. The average molecular weight is 557 g/mol. The third kappa shape index (κ3) is 10.1. The smallest absolute Gasteiger partial charge is 0.404 e. The van der Waals surface area contributed by atoms with Gasteiger partial charge in [0, 0.05) is 30.3 Å². The lowest BCUT2D eigenvalue weighted by Gasteiger charge is -2.12. The van der Waals surface area contributed by atoms with E-state index >= 15 is 0 Å². The summed E-state index contributed by atoms with van der Waals surface area (Å²) in [5.74, 6) is -1.15. The van der Waals surface area contributed by atoms with Crippen molar-refractivity contribution in [1.29, 1.82) is 0 Å².